The minimum atomic E-state index is -0.0689. The van der Waals surface area contributed by atoms with Gasteiger partial charge in [0, 0.05) is 67.4 Å². The van der Waals surface area contributed by atoms with Crippen molar-refractivity contribution in [1.29, 1.82) is 0 Å². The van der Waals surface area contributed by atoms with E-state index in [1.807, 2.05) is 0 Å². The molecule has 6 aliphatic rings. The van der Waals surface area contributed by atoms with Gasteiger partial charge in [-0.3, -0.25) is 0 Å². The maximum Gasteiger partial charge on any atom is 0.0467 e. The molecule has 22 rings (SSSR count). The number of benzene rings is 16. The van der Waals surface area contributed by atoms with Crippen LogP contribution >= 0.6 is 0 Å². The molecule has 0 heterocycles. The van der Waals surface area contributed by atoms with E-state index in [4.69, 9.17) is 0 Å². The van der Waals surface area contributed by atoms with E-state index in [0.717, 1.165) is 5.69 Å². The Labute approximate surface area is 888 Å². The minimum Gasteiger partial charge on any atom is -0.310 e. The molecule has 0 amide bonds. The highest BCUT2D eigenvalue weighted by Crippen LogP contribution is 2.56. The predicted octanol–water partition coefficient (Wildman–Crippen LogP) is 43.5. The number of hydrogen-bond acceptors (Lipinski definition) is 3. The van der Waals surface area contributed by atoms with Gasteiger partial charge < -0.3 is 14.7 Å². The van der Waals surface area contributed by atoms with Crippen molar-refractivity contribution in [2.45, 2.75) is 314 Å². The first kappa shape index (κ1) is 102. The Bertz CT molecular complexity index is 7080. The van der Waals surface area contributed by atoms with Gasteiger partial charge in [0.1, 0.15) is 0 Å². The van der Waals surface area contributed by atoms with E-state index >= 15 is 0 Å². The van der Waals surface area contributed by atoms with Crippen LogP contribution in [0.25, 0.3) is 77.9 Å². The first-order chi connectivity index (χ1) is 72.3. The molecule has 0 aromatic heterocycles. The van der Waals surface area contributed by atoms with E-state index in [0.29, 0.717) is 17.8 Å². The zero-order valence-corrected chi connectivity index (χ0v) is 90.3. The van der Waals surface area contributed by atoms with Crippen LogP contribution in [0.4, 0.5) is 51.2 Å². The molecule has 0 N–H and O–H groups in total. The molecule has 0 unspecified atom stereocenters. The molecule has 16 aromatic rings. The molecule has 16 aromatic carbocycles. The van der Waals surface area contributed by atoms with Crippen molar-refractivity contribution >= 4 is 51.2 Å². The van der Waals surface area contributed by atoms with Crippen LogP contribution in [-0.4, -0.2) is 0 Å². The van der Waals surface area contributed by atoms with Gasteiger partial charge in [-0.25, -0.2) is 0 Å². The Morgan fingerprint density at radius 2 is 0.378 bits per heavy atom. The monoisotopic (exact) mass is 1940 g/mol. The summed E-state index contributed by atoms with van der Waals surface area (Å²) in [5.41, 5.74) is 43.3. The quantitative estimate of drug-likeness (QED) is 0.0955. The third-order valence-electron chi connectivity index (χ3n) is 34.4. The second-order valence-electron chi connectivity index (χ2n) is 46.6. The van der Waals surface area contributed by atoms with Crippen LogP contribution < -0.4 is 14.7 Å². The Balaban J connectivity index is 0.000000135. The molecule has 0 saturated heterocycles. The van der Waals surface area contributed by atoms with Crippen LogP contribution in [-0.2, 0) is 21.7 Å². The maximum absolute atomic E-state index is 2.51. The number of para-hydroxylation sites is 1. The fourth-order valence-electron chi connectivity index (χ4n) is 25.8. The molecule has 6 aliphatic carbocycles. The third-order valence-corrected chi connectivity index (χ3v) is 34.4. The number of anilines is 9. The average Bonchev–Trinajstić information content (AvgIpc) is 1.58. The van der Waals surface area contributed by atoms with Crippen LogP contribution in [0.5, 0.6) is 0 Å². The molecular formula is C145H159N3. The van der Waals surface area contributed by atoms with Gasteiger partial charge in [0.25, 0.3) is 0 Å². The van der Waals surface area contributed by atoms with E-state index in [1.54, 1.807) is 0 Å². The molecule has 0 spiro atoms. The van der Waals surface area contributed by atoms with E-state index in [1.165, 1.54) is 391 Å². The van der Waals surface area contributed by atoms with Gasteiger partial charge in [0.15, 0.2) is 0 Å². The summed E-state index contributed by atoms with van der Waals surface area (Å²) >= 11 is 0. The highest BCUT2D eigenvalue weighted by Gasteiger charge is 2.40. The molecule has 0 radical (unpaired) electrons. The van der Waals surface area contributed by atoms with Crippen molar-refractivity contribution in [3.8, 4) is 77.9 Å². The summed E-state index contributed by atoms with van der Waals surface area (Å²) in [6.07, 6.45) is 45.6. The van der Waals surface area contributed by atoms with Gasteiger partial charge in [0.05, 0.1) is 0 Å². The second kappa shape index (κ2) is 47.2. The minimum absolute atomic E-state index is 0.0416. The summed E-state index contributed by atoms with van der Waals surface area (Å²) < 4.78 is 0. The van der Waals surface area contributed by atoms with Crippen LogP contribution in [0.15, 0.2) is 382 Å². The standard InChI is InChI=1S/C51H53N.C49H57N.C45H49N/c1-51(2)49-28-16-15-27-47(49)48-34-33-46(37-50(48)51)52(44-31-29-40(30-32-44)38-19-13-10-14-20-38)45-26-18-25-43(36-45)42-24-17-23-41(35-42)39-21-11-8-6-4-3-5-7-9-12-22-39;1-48(2,3)40-27-29-41(30-28-40)50(43-31-32-45-44-25-15-16-26-46(44)49(4,5)47(45)35-43)42-24-18-23-39(34-42)38-22-17-21-37(33-38)36-19-13-11-9-7-6-8-10-12-14-20-36;1-45(2)43-28-16-15-27-41(43)42-30-29-40(33-44(42)45)46(38-24-13-10-14-25-38)39-26-18-23-37(32-39)36-22-17-21-35(31-36)34-19-11-8-6-4-3-5-7-9-12-20-34/h10,13-20,23-37,39H,3-9,11-12,21-22H2,1-2H3;15-18,21-36H,6-14,19-20H2,1-5H3;10,13-18,21-34H,3-9,11-12,19-20H2,1-2H3. The lowest BCUT2D eigenvalue weighted by Crippen LogP contribution is -2.17. The van der Waals surface area contributed by atoms with Crippen molar-refractivity contribution in [3.05, 3.63) is 438 Å². The number of rotatable bonds is 16. The molecular weight excluding hydrogens is 1780 g/mol. The Morgan fingerprint density at radius 1 is 0.169 bits per heavy atom. The second-order valence-corrected chi connectivity index (χ2v) is 46.6. The number of hydrogen-bond donors (Lipinski definition) is 0. The lowest BCUT2D eigenvalue weighted by molar-refractivity contribution is 0.467. The highest BCUT2D eigenvalue weighted by atomic mass is 15.2. The average molecular weight is 1940 g/mol. The van der Waals surface area contributed by atoms with Gasteiger partial charge in [0.2, 0.25) is 0 Å². The van der Waals surface area contributed by atoms with E-state index in [9.17, 15) is 0 Å². The summed E-state index contributed by atoms with van der Waals surface area (Å²) in [6.45, 7) is 21.1. The Hall–Kier alpha value is -13.1. The predicted molar refractivity (Wildman–Crippen MR) is 637 cm³/mol. The van der Waals surface area contributed by atoms with Gasteiger partial charge in [-0.15, -0.1) is 0 Å². The third kappa shape index (κ3) is 23.3. The van der Waals surface area contributed by atoms with Crippen LogP contribution in [0.2, 0.25) is 0 Å². The molecule has 148 heavy (non-hydrogen) atoms. The normalized spacial score (nSPS) is 16.7. The molecule has 3 fully saturated rings. The summed E-state index contributed by atoms with van der Waals surface area (Å²) in [4.78, 5) is 7.35. The van der Waals surface area contributed by atoms with Gasteiger partial charge in [-0.1, -0.05) is 509 Å². The van der Waals surface area contributed by atoms with Crippen molar-refractivity contribution in [1.82, 2.24) is 0 Å². The highest BCUT2D eigenvalue weighted by molar-refractivity contribution is 5.91. The van der Waals surface area contributed by atoms with Crippen molar-refractivity contribution < 1.29 is 0 Å². The Kier molecular flexibility index (Phi) is 32.6. The van der Waals surface area contributed by atoms with Gasteiger partial charge >= 0.3 is 0 Å². The smallest absolute Gasteiger partial charge is 0.0467 e. The summed E-state index contributed by atoms with van der Waals surface area (Å²) in [5, 5.41) is 0. The Morgan fingerprint density at radius 3 is 0.676 bits per heavy atom. The van der Waals surface area contributed by atoms with Crippen molar-refractivity contribution in [2.75, 3.05) is 14.7 Å². The fourth-order valence-corrected chi connectivity index (χ4v) is 25.8. The number of fused-ring (bicyclic) bond motifs is 9. The van der Waals surface area contributed by atoms with E-state index in [-0.39, 0.29) is 21.7 Å². The zero-order valence-electron chi connectivity index (χ0n) is 90.3. The van der Waals surface area contributed by atoms with Crippen molar-refractivity contribution in [2.24, 2.45) is 0 Å². The summed E-state index contributed by atoms with van der Waals surface area (Å²) in [5.74, 6) is 1.98. The van der Waals surface area contributed by atoms with Crippen LogP contribution in [0.3, 0.4) is 0 Å². The largest absolute Gasteiger partial charge is 0.310 e. The van der Waals surface area contributed by atoms with Gasteiger partial charge in [-0.05, 0) is 304 Å². The first-order valence-electron chi connectivity index (χ1n) is 57.4. The lowest BCUT2D eigenvalue weighted by Gasteiger charge is -2.29. The molecule has 0 atom stereocenters. The van der Waals surface area contributed by atoms with Crippen LogP contribution in [0.1, 0.15) is 348 Å². The van der Waals surface area contributed by atoms with Crippen molar-refractivity contribution in [3.63, 3.8) is 0 Å². The molecule has 3 heteroatoms. The lowest BCUT2D eigenvalue weighted by atomic mass is 9.82. The number of nitrogens with zero attached hydrogens (tertiary/aromatic N) is 3. The van der Waals surface area contributed by atoms with Gasteiger partial charge in [-0.2, -0.15) is 0 Å². The first-order valence-corrected chi connectivity index (χ1v) is 57.4. The van der Waals surface area contributed by atoms with Crippen LogP contribution in [0, 0.1) is 0 Å². The summed E-state index contributed by atoms with van der Waals surface area (Å²) in [7, 11) is 0. The maximum atomic E-state index is 2.51. The molecule has 3 nitrogen and oxygen atoms in total. The summed E-state index contributed by atoms with van der Waals surface area (Å²) in [6, 6.07) is 144. The molecule has 0 aliphatic heterocycles. The van der Waals surface area contributed by atoms with E-state index in [2.05, 4.69) is 459 Å². The van der Waals surface area contributed by atoms with E-state index < -0.39 is 0 Å². The molecule has 3 saturated carbocycles. The topological polar surface area (TPSA) is 9.72 Å². The fraction of sp³-hybridized carbons (Fsp3) is 0.338. The molecule has 754 valence electrons. The SMILES string of the molecule is CC(C)(C)c1ccc(N(c2cccc(-c3cccc(C4CCCCCCCCCCC4)c3)c2)c2ccc3c(c2)C(C)(C)c2ccccc2-3)cc1.CC1(C)c2ccccc2-c2ccc(N(c3ccc(-c4ccccc4)cc3)c3cccc(-c4cccc(C5CCCCCCCCCCC5)c4)c3)cc21.CC1(C)c2ccccc2-c2ccc(N(c3ccccc3)c3cccc(-c4cccc(C5CCCCCCCCCCC5)c4)c3)cc21. The zero-order chi connectivity index (χ0) is 101. The molecule has 0 bridgehead atoms.